The highest BCUT2D eigenvalue weighted by molar-refractivity contribution is 5.92. The number of benzene rings is 2. The minimum atomic E-state index is -0.0664. The van der Waals surface area contributed by atoms with Crippen LogP contribution in [-0.2, 0) is 11.2 Å². The van der Waals surface area contributed by atoms with Crippen molar-refractivity contribution in [2.24, 2.45) is 0 Å². The number of nitrogens with one attached hydrogen (secondary N) is 1. The van der Waals surface area contributed by atoms with Gasteiger partial charge in [-0.2, -0.15) is 0 Å². The molecule has 0 aromatic heterocycles. The van der Waals surface area contributed by atoms with E-state index in [9.17, 15) is 4.79 Å². The largest absolute Gasteiger partial charge is 0.495 e. The van der Waals surface area contributed by atoms with Gasteiger partial charge in [-0.05, 0) is 48.7 Å². The molecule has 5 nitrogen and oxygen atoms in total. The van der Waals surface area contributed by atoms with Gasteiger partial charge in [0.15, 0.2) is 0 Å². The lowest BCUT2D eigenvalue weighted by Gasteiger charge is -2.11. The molecule has 0 aliphatic heterocycles. The zero-order valence-corrected chi connectivity index (χ0v) is 13.7. The molecule has 0 unspecified atom stereocenters. The fourth-order valence-electron chi connectivity index (χ4n) is 2.33. The maximum absolute atomic E-state index is 12.2. The summed E-state index contributed by atoms with van der Waals surface area (Å²) in [5, 5.41) is 2.89. The Hall–Kier alpha value is -2.69. The van der Waals surface area contributed by atoms with Crippen molar-refractivity contribution >= 4 is 17.3 Å². The Balaban J connectivity index is 1.98. The second kappa shape index (κ2) is 7.54. The summed E-state index contributed by atoms with van der Waals surface area (Å²) in [6.45, 7) is 1.97. The molecule has 0 fully saturated rings. The van der Waals surface area contributed by atoms with Crippen LogP contribution in [0.2, 0.25) is 0 Å². The Morgan fingerprint density at radius 1 is 1.09 bits per heavy atom. The van der Waals surface area contributed by atoms with E-state index in [1.165, 1.54) is 0 Å². The van der Waals surface area contributed by atoms with E-state index in [-0.39, 0.29) is 5.91 Å². The summed E-state index contributed by atoms with van der Waals surface area (Å²) in [5.74, 6) is 1.23. The van der Waals surface area contributed by atoms with Crippen molar-refractivity contribution in [3.05, 3.63) is 47.5 Å². The third kappa shape index (κ3) is 4.39. The molecule has 2 aromatic rings. The monoisotopic (exact) mass is 314 g/mol. The molecule has 122 valence electrons. The summed E-state index contributed by atoms with van der Waals surface area (Å²) in [4.78, 5) is 12.2. The minimum absolute atomic E-state index is 0.0664. The predicted octanol–water partition coefficient (Wildman–Crippen LogP) is 3.17. The molecule has 0 bridgehead atoms. The highest BCUT2D eigenvalue weighted by Crippen LogP contribution is 2.26. The number of ether oxygens (including phenoxy) is 2. The average molecular weight is 314 g/mol. The van der Waals surface area contributed by atoms with Crippen molar-refractivity contribution < 1.29 is 14.3 Å². The van der Waals surface area contributed by atoms with Crippen molar-refractivity contribution in [3.63, 3.8) is 0 Å². The maximum atomic E-state index is 12.2. The molecular weight excluding hydrogens is 292 g/mol. The van der Waals surface area contributed by atoms with Crippen LogP contribution in [0.5, 0.6) is 11.5 Å². The molecule has 1 amide bonds. The summed E-state index contributed by atoms with van der Waals surface area (Å²) in [5.41, 5.74) is 9.19. The second-order valence-electron chi connectivity index (χ2n) is 5.33. The molecule has 0 saturated heterocycles. The molecule has 0 aliphatic carbocycles. The van der Waals surface area contributed by atoms with Crippen molar-refractivity contribution in [2.45, 2.75) is 19.8 Å². The number of anilines is 2. The van der Waals surface area contributed by atoms with Gasteiger partial charge >= 0.3 is 0 Å². The van der Waals surface area contributed by atoms with Crippen LogP contribution in [0.15, 0.2) is 36.4 Å². The molecular formula is C18H22N2O3. The van der Waals surface area contributed by atoms with Gasteiger partial charge in [0.1, 0.15) is 11.5 Å². The molecule has 2 rings (SSSR count). The van der Waals surface area contributed by atoms with Gasteiger partial charge in [-0.25, -0.2) is 0 Å². The van der Waals surface area contributed by atoms with Crippen LogP contribution in [0, 0.1) is 6.92 Å². The molecule has 2 aromatic carbocycles. The van der Waals surface area contributed by atoms with Gasteiger partial charge in [-0.3, -0.25) is 4.79 Å². The van der Waals surface area contributed by atoms with Crippen LogP contribution in [0.1, 0.15) is 17.5 Å². The summed E-state index contributed by atoms with van der Waals surface area (Å²) in [7, 11) is 3.16. The average Bonchev–Trinajstić information content (AvgIpc) is 2.53. The number of amides is 1. The first-order chi connectivity index (χ1) is 11.0. The van der Waals surface area contributed by atoms with Gasteiger partial charge < -0.3 is 20.5 Å². The van der Waals surface area contributed by atoms with Crippen molar-refractivity contribution in [1.82, 2.24) is 0 Å². The molecule has 0 aliphatic rings. The van der Waals surface area contributed by atoms with Crippen LogP contribution < -0.4 is 20.5 Å². The normalized spacial score (nSPS) is 10.2. The molecule has 23 heavy (non-hydrogen) atoms. The molecule has 0 heterocycles. The first-order valence-corrected chi connectivity index (χ1v) is 7.40. The fourth-order valence-corrected chi connectivity index (χ4v) is 2.33. The maximum Gasteiger partial charge on any atom is 0.224 e. The molecule has 3 N–H and O–H groups in total. The van der Waals surface area contributed by atoms with E-state index in [4.69, 9.17) is 15.2 Å². The van der Waals surface area contributed by atoms with Gasteiger partial charge in [0, 0.05) is 6.42 Å². The number of nitrogens with two attached hydrogens (primary N) is 1. The van der Waals surface area contributed by atoms with Crippen LogP contribution in [0.4, 0.5) is 11.4 Å². The molecule has 0 radical (unpaired) electrons. The highest BCUT2D eigenvalue weighted by atomic mass is 16.5. The zero-order valence-electron chi connectivity index (χ0n) is 13.7. The standard InChI is InChI=1S/C18H22N2O3/c1-12-4-7-17(23-3)15(10-12)20-18(21)9-6-13-5-8-16(22-2)14(19)11-13/h4-5,7-8,10-11H,6,9,19H2,1-3H3,(H,20,21). The lowest BCUT2D eigenvalue weighted by molar-refractivity contribution is -0.116. The molecule has 5 heteroatoms. The molecule has 0 saturated carbocycles. The number of carbonyl (C=O) groups is 1. The number of methoxy groups -OCH3 is 2. The van der Waals surface area contributed by atoms with E-state index < -0.39 is 0 Å². The van der Waals surface area contributed by atoms with Gasteiger partial charge in [-0.15, -0.1) is 0 Å². The second-order valence-corrected chi connectivity index (χ2v) is 5.33. The van der Waals surface area contributed by atoms with E-state index in [0.29, 0.717) is 35.7 Å². The quantitative estimate of drug-likeness (QED) is 0.803. The Kier molecular flexibility index (Phi) is 5.46. The lowest BCUT2D eigenvalue weighted by atomic mass is 10.1. The van der Waals surface area contributed by atoms with Crippen molar-refractivity contribution in [2.75, 3.05) is 25.3 Å². The molecule has 0 atom stereocenters. The van der Waals surface area contributed by atoms with E-state index in [1.807, 2.05) is 43.3 Å². The Morgan fingerprint density at radius 2 is 1.78 bits per heavy atom. The van der Waals surface area contributed by atoms with Crippen molar-refractivity contribution in [1.29, 1.82) is 0 Å². The SMILES string of the molecule is COc1ccc(CCC(=O)Nc2cc(C)ccc2OC)cc1N. The zero-order chi connectivity index (χ0) is 16.8. The Labute approximate surface area is 136 Å². The summed E-state index contributed by atoms with van der Waals surface area (Å²) < 4.78 is 10.4. The van der Waals surface area contributed by atoms with Gasteiger partial charge in [-0.1, -0.05) is 12.1 Å². The first-order valence-electron chi connectivity index (χ1n) is 7.40. The van der Waals surface area contributed by atoms with Gasteiger partial charge in [0.2, 0.25) is 5.91 Å². The number of carbonyl (C=O) groups excluding carboxylic acids is 1. The van der Waals surface area contributed by atoms with Crippen LogP contribution in [-0.4, -0.2) is 20.1 Å². The predicted molar refractivity (Wildman–Crippen MR) is 92.1 cm³/mol. The number of nitrogen functional groups attached to an aromatic ring is 1. The van der Waals surface area contributed by atoms with Crippen LogP contribution in [0.3, 0.4) is 0 Å². The van der Waals surface area contributed by atoms with E-state index >= 15 is 0 Å². The minimum Gasteiger partial charge on any atom is -0.495 e. The third-order valence-electron chi connectivity index (χ3n) is 3.56. The molecule has 0 spiro atoms. The smallest absolute Gasteiger partial charge is 0.224 e. The Bertz CT molecular complexity index is 699. The highest BCUT2D eigenvalue weighted by Gasteiger charge is 2.09. The Morgan fingerprint density at radius 3 is 2.43 bits per heavy atom. The lowest BCUT2D eigenvalue weighted by Crippen LogP contribution is -2.13. The van der Waals surface area contributed by atoms with Crippen LogP contribution in [0.25, 0.3) is 0 Å². The van der Waals surface area contributed by atoms with Crippen LogP contribution >= 0.6 is 0 Å². The van der Waals surface area contributed by atoms with Gasteiger partial charge in [0.05, 0.1) is 25.6 Å². The van der Waals surface area contributed by atoms with E-state index in [1.54, 1.807) is 14.2 Å². The van der Waals surface area contributed by atoms with E-state index in [2.05, 4.69) is 5.32 Å². The summed E-state index contributed by atoms with van der Waals surface area (Å²) in [6.07, 6.45) is 0.969. The van der Waals surface area contributed by atoms with Gasteiger partial charge in [0.25, 0.3) is 0 Å². The number of aryl methyl sites for hydroxylation is 2. The number of hydrogen-bond acceptors (Lipinski definition) is 4. The fraction of sp³-hybridized carbons (Fsp3) is 0.278. The number of rotatable bonds is 6. The van der Waals surface area contributed by atoms with E-state index in [0.717, 1.165) is 11.1 Å². The summed E-state index contributed by atoms with van der Waals surface area (Å²) in [6, 6.07) is 11.2. The topological polar surface area (TPSA) is 73.6 Å². The first kappa shape index (κ1) is 16.7. The third-order valence-corrected chi connectivity index (χ3v) is 3.56. The van der Waals surface area contributed by atoms with Crippen molar-refractivity contribution in [3.8, 4) is 11.5 Å². The number of hydrogen-bond donors (Lipinski definition) is 2. The summed E-state index contributed by atoms with van der Waals surface area (Å²) >= 11 is 0.